The molecular formula is C11H10BrFN2S. The van der Waals surface area contributed by atoms with E-state index in [1.54, 1.807) is 23.6 Å². The van der Waals surface area contributed by atoms with Gasteiger partial charge < -0.3 is 5.73 Å². The van der Waals surface area contributed by atoms with Crippen molar-refractivity contribution in [2.45, 2.75) is 12.5 Å². The average Bonchev–Trinajstić information content (AvgIpc) is 2.64. The molecule has 0 saturated heterocycles. The highest BCUT2D eigenvalue weighted by molar-refractivity contribution is 9.11. The summed E-state index contributed by atoms with van der Waals surface area (Å²) in [5.41, 5.74) is 6.25. The van der Waals surface area contributed by atoms with Gasteiger partial charge in [-0.25, -0.2) is 4.39 Å². The molecule has 1 unspecified atom stereocenters. The molecule has 0 spiro atoms. The van der Waals surface area contributed by atoms with Crippen LogP contribution < -0.4 is 5.73 Å². The molecule has 2 aromatic rings. The van der Waals surface area contributed by atoms with Crippen LogP contribution in [0.4, 0.5) is 4.39 Å². The second kappa shape index (κ2) is 5.03. The van der Waals surface area contributed by atoms with Crippen LogP contribution in [0.5, 0.6) is 0 Å². The lowest BCUT2D eigenvalue weighted by molar-refractivity contribution is 0.565. The van der Waals surface area contributed by atoms with E-state index in [-0.39, 0.29) is 5.82 Å². The first-order valence-electron chi connectivity index (χ1n) is 4.77. The molecule has 0 saturated carbocycles. The molecule has 2 N–H and O–H groups in total. The van der Waals surface area contributed by atoms with Gasteiger partial charge in [-0.1, -0.05) is 0 Å². The summed E-state index contributed by atoms with van der Waals surface area (Å²) in [6, 6.07) is 6.49. The molecule has 2 nitrogen and oxygen atoms in total. The predicted molar refractivity (Wildman–Crippen MR) is 66.8 cm³/mol. The number of halogens is 2. The van der Waals surface area contributed by atoms with Crippen molar-refractivity contribution in [1.29, 1.82) is 0 Å². The Balaban J connectivity index is 2.14. The van der Waals surface area contributed by atoms with Crippen LogP contribution in [0, 0.1) is 5.82 Å². The Labute approximate surface area is 105 Å². The molecule has 2 heterocycles. The minimum atomic E-state index is -0.397. The van der Waals surface area contributed by atoms with E-state index in [0.29, 0.717) is 12.1 Å². The van der Waals surface area contributed by atoms with Crippen molar-refractivity contribution >= 4 is 27.3 Å². The third-order valence-corrected chi connectivity index (χ3v) is 3.83. The molecule has 0 aliphatic heterocycles. The molecule has 0 radical (unpaired) electrons. The zero-order valence-corrected chi connectivity index (χ0v) is 10.8. The normalized spacial score (nSPS) is 12.7. The lowest BCUT2D eigenvalue weighted by atomic mass is 10.1. The third kappa shape index (κ3) is 2.66. The zero-order valence-electron chi connectivity index (χ0n) is 8.36. The summed E-state index contributed by atoms with van der Waals surface area (Å²) in [5.74, 6) is -0.342. The number of rotatable bonds is 3. The van der Waals surface area contributed by atoms with E-state index in [9.17, 15) is 4.39 Å². The van der Waals surface area contributed by atoms with Gasteiger partial charge in [0.25, 0.3) is 0 Å². The van der Waals surface area contributed by atoms with Crippen LogP contribution in [0.15, 0.2) is 34.2 Å². The molecule has 2 aromatic heterocycles. The Morgan fingerprint density at radius 2 is 2.25 bits per heavy atom. The Hall–Kier alpha value is -0.780. The summed E-state index contributed by atoms with van der Waals surface area (Å²) in [4.78, 5) is 5.09. The quantitative estimate of drug-likeness (QED) is 0.945. The van der Waals surface area contributed by atoms with Crippen molar-refractivity contribution in [3.05, 3.63) is 50.6 Å². The maximum atomic E-state index is 13.4. The Morgan fingerprint density at radius 1 is 1.44 bits per heavy atom. The van der Waals surface area contributed by atoms with Crippen LogP contribution in [0.2, 0.25) is 0 Å². The van der Waals surface area contributed by atoms with Crippen LogP contribution in [0.3, 0.4) is 0 Å². The van der Waals surface area contributed by atoms with Gasteiger partial charge in [-0.2, -0.15) is 0 Å². The summed E-state index contributed by atoms with van der Waals surface area (Å²) in [6.07, 6.45) is 2.16. The van der Waals surface area contributed by atoms with E-state index in [2.05, 4.69) is 20.9 Å². The highest BCUT2D eigenvalue weighted by Gasteiger charge is 2.13. The molecular weight excluding hydrogens is 291 g/mol. The summed E-state index contributed by atoms with van der Waals surface area (Å²) < 4.78 is 14.5. The number of thiophene rings is 1. The molecule has 0 amide bonds. The molecule has 0 aliphatic rings. The number of nitrogens with two attached hydrogens (primary N) is 1. The van der Waals surface area contributed by atoms with Crippen LogP contribution in [0.1, 0.15) is 16.6 Å². The van der Waals surface area contributed by atoms with Crippen LogP contribution in [0.25, 0.3) is 0 Å². The van der Waals surface area contributed by atoms with Crippen molar-refractivity contribution in [2.24, 2.45) is 5.73 Å². The lowest BCUT2D eigenvalue weighted by Crippen LogP contribution is -2.16. The number of aromatic nitrogens is 1. The van der Waals surface area contributed by atoms with Crippen molar-refractivity contribution in [2.75, 3.05) is 0 Å². The summed E-state index contributed by atoms with van der Waals surface area (Å²) >= 11 is 4.98. The van der Waals surface area contributed by atoms with Gasteiger partial charge in [0.05, 0.1) is 15.5 Å². The minimum Gasteiger partial charge on any atom is -0.322 e. The van der Waals surface area contributed by atoms with E-state index in [1.165, 1.54) is 6.07 Å². The van der Waals surface area contributed by atoms with E-state index < -0.39 is 6.04 Å². The average molecular weight is 301 g/mol. The number of pyridine rings is 1. The molecule has 0 aliphatic carbocycles. The van der Waals surface area contributed by atoms with E-state index in [0.717, 1.165) is 8.66 Å². The highest BCUT2D eigenvalue weighted by Crippen LogP contribution is 2.26. The number of hydrogen-bond acceptors (Lipinski definition) is 3. The second-order valence-corrected chi connectivity index (χ2v) is 5.93. The fraction of sp³-hybridized carbons (Fsp3) is 0.182. The number of nitrogens with zero attached hydrogens (tertiary/aromatic N) is 1. The van der Waals surface area contributed by atoms with Gasteiger partial charge in [-0.15, -0.1) is 11.3 Å². The first-order chi connectivity index (χ1) is 7.66. The zero-order chi connectivity index (χ0) is 11.5. The summed E-state index contributed by atoms with van der Waals surface area (Å²) in [6.45, 7) is 0. The Morgan fingerprint density at radius 3 is 2.88 bits per heavy atom. The van der Waals surface area contributed by atoms with Crippen LogP contribution >= 0.6 is 27.3 Å². The van der Waals surface area contributed by atoms with Crippen molar-refractivity contribution < 1.29 is 4.39 Å². The molecule has 84 valence electrons. The van der Waals surface area contributed by atoms with Gasteiger partial charge in [-0.3, -0.25) is 4.98 Å². The SMILES string of the molecule is NC(Cc1ccc(Br)s1)c1ncccc1F. The van der Waals surface area contributed by atoms with E-state index in [1.807, 2.05) is 12.1 Å². The van der Waals surface area contributed by atoms with Crippen LogP contribution in [-0.4, -0.2) is 4.98 Å². The lowest BCUT2D eigenvalue weighted by Gasteiger charge is -2.10. The minimum absolute atomic E-state index is 0.326. The van der Waals surface area contributed by atoms with Crippen molar-refractivity contribution in [1.82, 2.24) is 4.98 Å². The standard InChI is InChI=1S/C11H10BrFN2S/c12-10-4-3-7(16-10)6-9(14)11-8(13)2-1-5-15-11/h1-5,9H,6,14H2. The predicted octanol–water partition coefficient (Wildman–Crippen LogP) is 3.29. The second-order valence-electron chi connectivity index (χ2n) is 3.39. The molecule has 0 fully saturated rings. The topological polar surface area (TPSA) is 38.9 Å². The maximum Gasteiger partial charge on any atom is 0.146 e. The van der Waals surface area contributed by atoms with Gasteiger partial charge in [0, 0.05) is 17.5 Å². The smallest absolute Gasteiger partial charge is 0.146 e. The van der Waals surface area contributed by atoms with Gasteiger partial charge in [0.15, 0.2) is 0 Å². The fourth-order valence-electron chi connectivity index (χ4n) is 1.45. The van der Waals surface area contributed by atoms with Gasteiger partial charge in [0.2, 0.25) is 0 Å². The molecule has 0 aromatic carbocycles. The van der Waals surface area contributed by atoms with E-state index in [4.69, 9.17) is 5.73 Å². The van der Waals surface area contributed by atoms with Gasteiger partial charge in [-0.05, 0) is 40.2 Å². The fourth-order valence-corrected chi connectivity index (χ4v) is 2.99. The Bertz CT molecular complexity index is 486. The highest BCUT2D eigenvalue weighted by atomic mass is 79.9. The molecule has 1 atom stereocenters. The Kier molecular flexibility index (Phi) is 3.68. The number of hydrogen-bond donors (Lipinski definition) is 1. The molecule has 2 rings (SSSR count). The largest absolute Gasteiger partial charge is 0.322 e. The molecule has 5 heteroatoms. The van der Waals surface area contributed by atoms with E-state index >= 15 is 0 Å². The molecule has 16 heavy (non-hydrogen) atoms. The van der Waals surface area contributed by atoms with Gasteiger partial charge >= 0.3 is 0 Å². The van der Waals surface area contributed by atoms with Crippen molar-refractivity contribution in [3.63, 3.8) is 0 Å². The molecule has 0 bridgehead atoms. The van der Waals surface area contributed by atoms with Crippen molar-refractivity contribution in [3.8, 4) is 0 Å². The summed E-state index contributed by atoms with van der Waals surface area (Å²) in [7, 11) is 0. The first kappa shape index (κ1) is 11.7. The first-order valence-corrected chi connectivity index (χ1v) is 6.38. The van der Waals surface area contributed by atoms with Crippen LogP contribution in [-0.2, 0) is 6.42 Å². The summed E-state index contributed by atoms with van der Waals surface area (Å²) in [5, 5.41) is 0. The maximum absolute atomic E-state index is 13.4. The van der Waals surface area contributed by atoms with Gasteiger partial charge in [0.1, 0.15) is 5.82 Å². The third-order valence-electron chi connectivity index (χ3n) is 2.19. The monoisotopic (exact) mass is 300 g/mol.